The first-order chi connectivity index (χ1) is 10.5. The van der Waals surface area contributed by atoms with Gasteiger partial charge in [0.05, 0.1) is 0 Å². The summed E-state index contributed by atoms with van der Waals surface area (Å²) in [6.07, 6.45) is 0. The van der Waals surface area contributed by atoms with Crippen LogP contribution in [0.2, 0.25) is 0 Å². The molecular weight excluding hydrogens is 389 g/mol. The summed E-state index contributed by atoms with van der Waals surface area (Å²) in [5, 5.41) is 5.72. The van der Waals surface area contributed by atoms with E-state index in [-0.39, 0.29) is 6.03 Å². The van der Waals surface area contributed by atoms with Gasteiger partial charge in [0.15, 0.2) is 0 Å². The molecule has 0 spiro atoms. The zero-order chi connectivity index (χ0) is 15.9. The van der Waals surface area contributed by atoms with Crippen molar-refractivity contribution >= 4 is 34.3 Å². The van der Waals surface area contributed by atoms with Crippen molar-refractivity contribution in [3.63, 3.8) is 0 Å². The number of halogens is 1. The van der Waals surface area contributed by atoms with Crippen molar-refractivity contribution in [2.75, 3.05) is 19.4 Å². The van der Waals surface area contributed by atoms with Crippen LogP contribution in [0.3, 0.4) is 0 Å². The van der Waals surface area contributed by atoms with Crippen LogP contribution in [0.1, 0.15) is 11.1 Å². The van der Waals surface area contributed by atoms with Crippen LogP contribution in [0.4, 0.5) is 10.5 Å². The van der Waals surface area contributed by atoms with Gasteiger partial charge in [-0.3, -0.25) is 0 Å². The Labute approximate surface area is 145 Å². The minimum absolute atomic E-state index is 0.194. The van der Waals surface area contributed by atoms with E-state index in [4.69, 9.17) is 0 Å². The van der Waals surface area contributed by atoms with E-state index in [2.05, 4.69) is 50.3 Å². The topological polar surface area (TPSA) is 44.4 Å². The molecule has 0 heterocycles. The minimum Gasteiger partial charge on any atom is -0.334 e. The Kier molecular flexibility index (Phi) is 6.21. The molecule has 2 aromatic carbocycles. The van der Waals surface area contributed by atoms with E-state index < -0.39 is 0 Å². The smallest absolute Gasteiger partial charge is 0.319 e. The molecule has 116 valence electrons. The Hall–Kier alpha value is -1.60. The summed E-state index contributed by atoms with van der Waals surface area (Å²) in [7, 11) is 4.08. The normalized spacial score (nSPS) is 10.5. The highest BCUT2D eigenvalue weighted by Gasteiger charge is 2.03. The number of carbonyl (C=O) groups is 1. The van der Waals surface area contributed by atoms with E-state index in [1.54, 1.807) is 0 Å². The van der Waals surface area contributed by atoms with E-state index in [1.165, 1.54) is 5.56 Å². The highest BCUT2D eigenvalue weighted by atomic mass is 127. The van der Waals surface area contributed by atoms with Crippen molar-refractivity contribution in [3.8, 4) is 0 Å². The number of hydrogen-bond donors (Lipinski definition) is 2. The number of rotatable bonds is 5. The quantitative estimate of drug-likeness (QED) is 0.741. The van der Waals surface area contributed by atoms with Gasteiger partial charge in [0.25, 0.3) is 0 Å². The van der Waals surface area contributed by atoms with E-state index in [0.717, 1.165) is 21.4 Å². The SMILES string of the molecule is CN(C)Cc1cccc(CNC(=O)Nc2cccc(I)c2)c1. The Balaban J connectivity index is 1.88. The van der Waals surface area contributed by atoms with Gasteiger partial charge in [0, 0.05) is 22.3 Å². The average Bonchev–Trinajstić information content (AvgIpc) is 2.45. The zero-order valence-electron chi connectivity index (χ0n) is 12.8. The first-order valence-electron chi connectivity index (χ1n) is 7.06. The molecule has 2 N–H and O–H groups in total. The van der Waals surface area contributed by atoms with Gasteiger partial charge in [-0.05, 0) is 66.0 Å². The summed E-state index contributed by atoms with van der Waals surface area (Å²) < 4.78 is 1.09. The van der Waals surface area contributed by atoms with Gasteiger partial charge in [-0.25, -0.2) is 4.79 Å². The number of urea groups is 1. The van der Waals surface area contributed by atoms with E-state index in [0.29, 0.717) is 6.54 Å². The highest BCUT2D eigenvalue weighted by molar-refractivity contribution is 14.1. The molecule has 0 saturated carbocycles. The monoisotopic (exact) mass is 409 g/mol. The van der Waals surface area contributed by atoms with Gasteiger partial charge in [0.1, 0.15) is 0 Å². The molecule has 0 aliphatic carbocycles. The molecular formula is C17H20IN3O. The van der Waals surface area contributed by atoms with Crippen LogP contribution >= 0.6 is 22.6 Å². The maximum Gasteiger partial charge on any atom is 0.319 e. The number of nitrogens with zero attached hydrogens (tertiary/aromatic N) is 1. The Morgan fingerprint density at radius 2 is 1.82 bits per heavy atom. The van der Waals surface area contributed by atoms with Crippen molar-refractivity contribution in [2.45, 2.75) is 13.1 Å². The molecule has 0 aliphatic heterocycles. The fourth-order valence-electron chi connectivity index (χ4n) is 2.13. The summed E-state index contributed by atoms with van der Waals surface area (Å²) >= 11 is 2.22. The summed E-state index contributed by atoms with van der Waals surface area (Å²) in [6, 6.07) is 15.8. The van der Waals surface area contributed by atoms with E-state index in [9.17, 15) is 4.79 Å². The van der Waals surface area contributed by atoms with Crippen LogP contribution in [-0.4, -0.2) is 25.0 Å². The predicted molar refractivity (Wildman–Crippen MR) is 98.9 cm³/mol. The molecule has 2 rings (SSSR count). The molecule has 0 atom stereocenters. The summed E-state index contributed by atoms with van der Waals surface area (Å²) in [5.41, 5.74) is 3.13. The fraction of sp³-hybridized carbons (Fsp3) is 0.235. The first-order valence-corrected chi connectivity index (χ1v) is 8.14. The van der Waals surface area contributed by atoms with Gasteiger partial charge in [-0.15, -0.1) is 0 Å². The molecule has 0 saturated heterocycles. The molecule has 0 unspecified atom stereocenters. The predicted octanol–water partition coefficient (Wildman–Crippen LogP) is 3.67. The minimum atomic E-state index is -0.194. The Bertz CT molecular complexity index is 643. The van der Waals surface area contributed by atoms with Crippen molar-refractivity contribution in [2.24, 2.45) is 0 Å². The molecule has 0 aromatic heterocycles. The highest BCUT2D eigenvalue weighted by Crippen LogP contribution is 2.12. The van der Waals surface area contributed by atoms with Gasteiger partial charge >= 0.3 is 6.03 Å². The number of hydrogen-bond acceptors (Lipinski definition) is 2. The third-order valence-corrected chi connectivity index (χ3v) is 3.70. The molecule has 2 amide bonds. The van der Waals surface area contributed by atoms with Crippen LogP contribution in [0.25, 0.3) is 0 Å². The number of nitrogens with one attached hydrogen (secondary N) is 2. The number of carbonyl (C=O) groups excluding carboxylic acids is 1. The lowest BCUT2D eigenvalue weighted by Gasteiger charge is -2.12. The largest absolute Gasteiger partial charge is 0.334 e. The van der Waals surface area contributed by atoms with Crippen molar-refractivity contribution in [3.05, 3.63) is 63.2 Å². The van der Waals surface area contributed by atoms with Crippen molar-refractivity contribution < 1.29 is 4.79 Å². The maximum absolute atomic E-state index is 11.9. The third-order valence-electron chi connectivity index (χ3n) is 3.03. The number of anilines is 1. The van der Waals surface area contributed by atoms with Crippen LogP contribution in [0.15, 0.2) is 48.5 Å². The van der Waals surface area contributed by atoms with Crippen molar-refractivity contribution in [1.82, 2.24) is 10.2 Å². The molecule has 2 aromatic rings. The standard InChI is InChI=1S/C17H20IN3O/c1-21(2)12-14-6-3-5-13(9-14)11-19-17(22)20-16-8-4-7-15(18)10-16/h3-10H,11-12H2,1-2H3,(H2,19,20,22). The average molecular weight is 409 g/mol. The maximum atomic E-state index is 11.9. The molecule has 0 fully saturated rings. The molecule has 0 aliphatic rings. The van der Waals surface area contributed by atoms with Crippen LogP contribution in [0, 0.1) is 3.57 Å². The molecule has 5 heteroatoms. The van der Waals surface area contributed by atoms with Gasteiger partial charge in [-0.1, -0.05) is 30.3 Å². The van der Waals surface area contributed by atoms with E-state index in [1.807, 2.05) is 50.5 Å². The number of amides is 2. The van der Waals surface area contributed by atoms with Crippen LogP contribution < -0.4 is 10.6 Å². The van der Waals surface area contributed by atoms with Gasteiger partial charge < -0.3 is 15.5 Å². The second-order valence-electron chi connectivity index (χ2n) is 5.38. The zero-order valence-corrected chi connectivity index (χ0v) is 14.9. The van der Waals surface area contributed by atoms with Crippen LogP contribution in [-0.2, 0) is 13.1 Å². The number of benzene rings is 2. The fourth-order valence-corrected chi connectivity index (χ4v) is 2.67. The lowest BCUT2D eigenvalue weighted by atomic mass is 10.1. The lowest BCUT2D eigenvalue weighted by molar-refractivity contribution is 0.251. The molecule has 0 bridgehead atoms. The van der Waals surface area contributed by atoms with Crippen molar-refractivity contribution in [1.29, 1.82) is 0 Å². The lowest BCUT2D eigenvalue weighted by Crippen LogP contribution is -2.28. The first kappa shape index (κ1) is 16.8. The molecule has 4 nitrogen and oxygen atoms in total. The van der Waals surface area contributed by atoms with E-state index >= 15 is 0 Å². The van der Waals surface area contributed by atoms with Gasteiger partial charge in [0.2, 0.25) is 0 Å². The molecule has 22 heavy (non-hydrogen) atoms. The Morgan fingerprint density at radius 3 is 2.55 bits per heavy atom. The molecule has 0 radical (unpaired) electrons. The summed E-state index contributed by atoms with van der Waals surface area (Å²) in [6.45, 7) is 1.40. The summed E-state index contributed by atoms with van der Waals surface area (Å²) in [5.74, 6) is 0. The van der Waals surface area contributed by atoms with Crippen LogP contribution in [0.5, 0.6) is 0 Å². The Morgan fingerprint density at radius 1 is 1.09 bits per heavy atom. The van der Waals surface area contributed by atoms with Gasteiger partial charge in [-0.2, -0.15) is 0 Å². The second kappa shape index (κ2) is 8.14. The third kappa shape index (κ3) is 5.65. The second-order valence-corrected chi connectivity index (χ2v) is 6.62. The summed E-state index contributed by atoms with van der Waals surface area (Å²) in [4.78, 5) is 14.0.